The normalized spacial score (nSPS) is 10.6. The van der Waals surface area contributed by atoms with Crippen molar-refractivity contribution >= 4 is 23.2 Å². The fourth-order valence-corrected chi connectivity index (χ4v) is 2.12. The van der Waals surface area contributed by atoms with Crippen LogP contribution in [0.2, 0.25) is 10.0 Å². The van der Waals surface area contributed by atoms with E-state index in [0.29, 0.717) is 10.0 Å². The molecule has 2 heteroatoms. The predicted octanol–water partition coefficient (Wildman–Crippen LogP) is 5.20. The van der Waals surface area contributed by atoms with Gasteiger partial charge in [-0.15, -0.1) is 0 Å². The van der Waals surface area contributed by atoms with E-state index in [2.05, 4.69) is 32.0 Å². The van der Waals surface area contributed by atoms with E-state index in [-0.39, 0.29) is 0 Å². The van der Waals surface area contributed by atoms with E-state index >= 15 is 0 Å². The second kappa shape index (κ2) is 5.12. The van der Waals surface area contributed by atoms with Crippen molar-refractivity contribution in [1.29, 1.82) is 0 Å². The van der Waals surface area contributed by atoms with Crippen LogP contribution >= 0.6 is 23.2 Å². The third kappa shape index (κ3) is 3.02. The maximum atomic E-state index is 6.00. The number of hydrogen-bond acceptors (Lipinski definition) is 0. The number of halogens is 2. The molecular formula is C15H14Cl2. The Morgan fingerprint density at radius 1 is 0.765 bits per heavy atom. The van der Waals surface area contributed by atoms with Gasteiger partial charge in [0.15, 0.2) is 0 Å². The Kier molecular flexibility index (Phi) is 3.76. The summed E-state index contributed by atoms with van der Waals surface area (Å²) in [7, 11) is 0. The minimum absolute atomic E-state index is 0.607. The second-order valence-electron chi connectivity index (χ2n) is 4.34. The lowest BCUT2D eigenvalue weighted by molar-refractivity contribution is 1.17. The molecule has 0 aromatic heterocycles. The van der Waals surface area contributed by atoms with E-state index in [9.17, 15) is 0 Å². The van der Waals surface area contributed by atoms with Crippen molar-refractivity contribution in [3.8, 4) is 0 Å². The highest BCUT2D eigenvalue weighted by atomic mass is 35.5. The lowest BCUT2D eigenvalue weighted by Gasteiger charge is -2.06. The van der Waals surface area contributed by atoms with Crippen LogP contribution in [0.15, 0.2) is 36.4 Å². The summed E-state index contributed by atoms with van der Waals surface area (Å²) in [6, 6.07) is 12.3. The summed E-state index contributed by atoms with van der Waals surface area (Å²) in [5.41, 5.74) is 5.12. The Hall–Kier alpha value is -0.980. The summed E-state index contributed by atoms with van der Waals surface area (Å²) >= 11 is 11.9. The monoisotopic (exact) mass is 264 g/mol. The van der Waals surface area contributed by atoms with Crippen LogP contribution in [0.25, 0.3) is 0 Å². The summed E-state index contributed by atoms with van der Waals surface area (Å²) in [6.07, 6.45) is 0.887. The molecule has 2 rings (SSSR count). The molecule has 0 bridgehead atoms. The molecule has 0 unspecified atom stereocenters. The van der Waals surface area contributed by atoms with Gasteiger partial charge in [-0.2, -0.15) is 0 Å². The van der Waals surface area contributed by atoms with Gasteiger partial charge >= 0.3 is 0 Å². The lowest BCUT2D eigenvalue weighted by atomic mass is 10.0. The van der Waals surface area contributed by atoms with Gasteiger partial charge in [0.25, 0.3) is 0 Å². The fraction of sp³-hybridized carbons (Fsp3) is 0.200. The van der Waals surface area contributed by atoms with Crippen LogP contribution in [-0.4, -0.2) is 0 Å². The van der Waals surface area contributed by atoms with Crippen LogP contribution < -0.4 is 0 Å². The maximum absolute atomic E-state index is 6.00. The highest BCUT2D eigenvalue weighted by molar-refractivity contribution is 6.42. The molecule has 17 heavy (non-hydrogen) atoms. The highest BCUT2D eigenvalue weighted by Gasteiger charge is 2.02. The largest absolute Gasteiger partial charge is 0.0827 e. The smallest absolute Gasteiger partial charge is 0.0595 e. The molecule has 0 saturated heterocycles. The number of hydrogen-bond donors (Lipinski definition) is 0. The van der Waals surface area contributed by atoms with Gasteiger partial charge in [-0.05, 0) is 54.7 Å². The zero-order chi connectivity index (χ0) is 12.4. The Balaban J connectivity index is 2.25. The molecule has 0 N–H and O–H groups in total. The standard InChI is InChI=1S/C15H14Cl2/c1-10-3-4-12(7-11(10)2)8-13-5-6-14(16)15(17)9-13/h3-7,9H,8H2,1-2H3. The van der Waals surface area contributed by atoms with Crippen LogP contribution in [0.1, 0.15) is 22.3 Å². The molecule has 0 amide bonds. The van der Waals surface area contributed by atoms with Crippen LogP contribution in [0, 0.1) is 13.8 Å². The molecule has 0 aliphatic rings. The van der Waals surface area contributed by atoms with Gasteiger partial charge in [-0.3, -0.25) is 0 Å². The van der Waals surface area contributed by atoms with E-state index < -0.39 is 0 Å². The molecule has 0 aliphatic heterocycles. The van der Waals surface area contributed by atoms with E-state index in [4.69, 9.17) is 23.2 Å². The first-order valence-electron chi connectivity index (χ1n) is 5.56. The van der Waals surface area contributed by atoms with Crippen LogP contribution in [0.3, 0.4) is 0 Å². The molecule has 0 radical (unpaired) electrons. The molecule has 88 valence electrons. The van der Waals surface area contributed by atoms with Crippen LogP contribution in [-0.2, 0) is 6.42 Å². The minimum atomic E-state index is 0.607. The van der Waals surface area contributed by atoms with Crippen molar-refractivity contribution in [3.63, 3.8) is 0 Å². The average Bonchev–Trinajstić information content (AvgIpc) is 2.29. The number of rotatable bonds is 2. The molecule has 2 aromatic carbocycles. The van der Waals surface area contributed by atoms with Gasteiger partial charge in [0.1, 0.15) is 0 Å². The Labute approximate surface area is 112 Å². The summed E-state index contributed by atoms with van der Waals surface area (Å²) in [6.45, 7) is 4.26. The van der Waals surface area contributed by atoms with Gasteiger partial charge in [-0.1, -0.05) is 47.5 Å². The predicted molar refractivity (Wildman–Crippen MR) is 75.2 cm³/mol. The average molecular weight is 265 g/mol. The minimum Gasteiger partial charge on any atom is -0.0827 e. The number of aryl methyl sites for hydroxylation is 2. The molecule has 0 fully saturated rings. The van der Waals surface area contributed by atoms with E-state index in [1.54, 1.807) is 0 Å². The zero-order valence-corrected chi connectivity index (χ0v) is 11.4. The summed E-state index contributed by atoms with van der Waals surface area (Å²) in [5.74, 6) is 0. The Morgan fingerprint density at radius 3 is 2.06 bits per heavy atom. The lowest BCUT2D eigenvalue weighted by Crippen LogP contribution is -1.90. The first-order chi connectivity index (χ1) is 8.06. The maximum Gasteiger partial charge on any atom is 0.0595 e. The van der Waals surface area contributed by atoms with Crippen molar-refractivity contribution in [1.82, 2.24) is 0 Å². The van der Waals surface area contributed by atoms with E-state index in [0.717, 1.165) is 6.42 Å². The topological polar surface area (TPSA) is 0 Å². The second-order valence-corrected chi connectivity index (χ2v) is 5.16. The van der Waals surface area contributed by atoms with Crippen molar-refractivity contribution in [2.75, 3.05) is 0 Å². The quantitative estimate of drug-likeness (QED) is 0.700. The molecule has 0 nitrogen and oxygen atoms in total. The molecule has 2 aromatic rings. The summed E-state index contributed by atoms with van der Waals surface area (Å²) in [4.78, 5) is 0. The molecule has 0 spiro atoms. The highest BCUT2D eigenvalue weighted by Crippen LogP contribution is 2.24. The van der Waals surface area contributed by atoms with Crippen molar-refractivity contribution in [2.24, 2.45) is 0 Å². The first kappa shape index (κ1) is 12.5. The van der Waals surface area contributed by atoms with Crippen molar-refractivity contribution in [2.45, 2.75) is 20.3 Å². The third-order valence-electron chi connectivity index (χ3n) is 2.96. The molecular weight excluding hydrogens is 251 g/mol. The van der Waals surface area contributed by atoms with Crippen molar-refractivity contribution < 1.29 is 0 Å². The fourth-order valence-electron chi connectivity index (χ4n) is 1.80. The van der Waals surface area contributed by atoms with Gasteiger partial charge in [0, 0.05) is 0 Å². The third-order valence-corrected chi connectivity index (χ3v) is 3.70. The Morgan fingerprint density at radius 2 is 1.41 bits per heavy atom. The summed E-state index contributed by atoms with van der Waals surface area (Å²) in [5, 5.41) is 1.23. The van der Waals surface area contributed by atoms with Gasteiger partial charge in [-0.25, -0.2) is 0 Å². The zero-order valence-electron chi connectivity index (χ0n) is 9.93. The van der Waals surface area contributed by atoms with Gasteiger partial charge < -0.3 is 0 Å². The van der Waals surface area contributed by atoms with Crippen molar-refractivity contribution in [3.05, 3.63) is 68.7 Å². The van der Waals surface area contributed by atoms with Gasteiger partial charge in [0.05, 0.1) is 10.0 Å². The SMILES string of the molecule is Cc1ccc(Cc2ccc(Cl)c(Cl)c2)cc1C. The first-order valence-corrected chi connectivity index (χ1v) is 6.32. The molecule has 0 atom stereocenters. The Bertz CT molecular complexity index is 495. The van der Waals surface area contributed by atoms with Crippen LogP contribution in [0.4, 0.5) is 0 Å². The number of benzene rings is 2. The summed E-state index contributed by atoms with van der Waals surface area (Å²) < 4.78 is 0. The van der Waals surface area contributed by atoms with E-state index in [1.807, 2.05) is 18.2 Å². The molecule has 0 saturated carbocycles. The van der Waals surface area contributed by atoms with Crippen LogP contribution in [0.5, 0.6) is 0 Å². The molecule has 0 aliphatic carbocycles. The molecule has 0 heterocycles. The van der Waals surface area contributed by atoms with Gasteiger partial charge in [0.2, 0.25) is 0 Å². The van der Waals surface area contributed by atoms with E-state index in [1.165, 1.54) is 22.3 Å².